The SMILES string of the molecule is COc1cccc(Cl)c1C(O)c1cccc(C)c1. The summed E-state index contributed by atoms with van der Waals surface area (Å²) in [5, 5.41) is 10.9. The first kappa shape index (κ1) is 12.9. The van der Waals surface area contributed by atoms with Crippen LogP contribution in [0.4, 0.5) is 0 Å². The Balaban J connectivity index is 2.48. The number of rotatable bonds is 3. The van der Waals surface area contributed by atoms with E-state index in [4.69, 9.17) is 16.3 Å². The zero-order chi connectivity index (χ0) is 13.1. The normalized spacial score (nSPS) is 12.2. The predicted octanol–water partition coefficient (Wildman–Crippen LogP) is 3.74. The standard InChI is InChI=1S/C15H15ClO2/c1-10-5-3-6-11(9-10)15(17)14-12(16)7-4-8-13(14)18-2/h3-9,15,17H,1-2H3. The fraction of sp³-hybridized carbons (Fsp3) is 0.200. The lowest BCUT2D eigenvalue weighted by molar-refractivity contribution is 0.215. The molecule has 3 heteroatoms. The molecule has 0 aromatic heterocycles. The van der Waals surface area contributed by atoms with Gasteiger partial charge in [-0.05, 0) is 24.6 Å². The number of halogens is 1. The summed E-state index contributed by atoms with van der Waals surface area (Å²) in [5.41, 5.74) is 2.51. The van der Waals surface area contributed by atoms with E-state index >= 15 is 0 Å². The molecule has 0 fully saturated rings. The summed E-state index contributed by atoms with van der Waals surface area (Å²) in [7, 11) is 1.57. The molecular weight excluding hydrogens is 248 g/mol. The van der Waals surface area contributed by atoms with Crippen LogP contribution < -0.4 is 4.74 Å². The summed E-state index contributed by atoms with van der Waals surface area (Å²) in [6.45, 7) is 1.99. The number of aliphatic hydroxyl groups is 1. The van der Waals surface area contributed by atoms with E-state index in [0.29, 0.717) is 16.3 Å². The van der Waals surface area contributed by atoms with Crippen LogP contribution in [0.5, 0.6) is 5.75 Å². The highest BCUT2D eigenvalue weighted by Crippen LogP contribution is 2.35. The second-order valence-corrected chi connectivity index (χ2v) is 4.58. The summed E-state index contributed by atoms with van der Waals surface area (Å²) < 4.78 is 5.25. The molecule has 1 unspecified atom stereocenters. The Morgan fingerprint density at radius 1 is 1.17 bits per heavy atom. The highest BCUT2D eigenvalue weighted by Gasteiger charge is 2.18. The molecule has 0 saturated heterocycles. The van der Waals surface area contributed by atoms with Gasteiger partial charge in [0.2, 0.25) is 0 Å². The van der Waals surface area contributed by atoms with Gasteiger partial charge in [-0.1, -0.05) is 47.5 Å². The van der Waals surface area contributed by atoms with Crippen molar-refractivity contribution in [1.29, 1.82) is 0 Å². The Labute approximate surface area is 112 Å². The quantitative estimate of drug-likeness (QED) is 0.913. The third-order valence-corrected chi connectivity index (χ3v) is 3.19. The van der Waals surface area contributed by atoms with E-state index < -0.39 is 6.10 Å². The molecule has 0 aliphatic rings. The van der Waals surface area contributed by atoms with Crippen LogP contribution >= 0.6 is 11.6 Å². The number of ether oxygens (including phenoxy) is 1. The van der Waals surface area contributed by atoms with Crippen molar-refractivity contribution < 1.29 is 9.84 Å². The van der Waals surface area contributed by atoms with Crippen molar-refractivity contribution in [2.75, 3.05) is 7.11 Å². The van der Waals surface area contributed by atoms with Crippen molar-refractivity contribution in [2.45, 2.75) is 13.0 Å². The van der Waals surface area contributed by atoms with E-state index in [0.717, 1.165) is 11.1 Å². The summed E-state index contributed by atoms with van der Waals surface area (Å²) in [4.78, 5) is 0. The van der Waals surface area contributed by atoms with Gasteiger partial charge in [0.25, 0.3) is 0 Å². The Morgan fingerprint density at radius 3 is 2.56 bits per heavy atom. The van der Waals surface area contributed by atoms with Gasteiger partial charge in [-0.3, -0.25) is 0 Å². The number of hydrogen-bond acceptors (Lipinski definition) is 2. The lowest BCUT2D eigenvalue weighted by Gasteiger charge is -2.17. The van der Waals surface area contributed by atoms with Crippen molar-refractivity contribution in [2.24, 2.45) is 0 Å². The molecule has 1 atom stereocenters. The molecule has 1 N–H and O–H groups in total. The third kappa shape index (κ3) is 2.50. The summed E-state index contributed by atoms with van der Waals surface area (Å²) >= 11 is 6.15. The zero-order valence-electron chi connectivity index (χ0n) is 10.4. The second-order valence-electron chi connectivity index (χ2n) is 4.17. The highest BCUT2D eigenvalue weighted by molar-refractivity contribution is 6.31. The molecule has 2 aromatic carbocycles. The predicted molar refractivity (Wildman–Crippen MR) is 73.2 cm³/mol. The molecule has 94 valence electrons. The van der Waals surface area contributed by atoms with E-state index in [1.54, 1.807) is 25.3 Å². The molecule has 2 rings (SSSR count). The lowest BCUT2D eigenvalue weighted by atomic mass is 9.99. The van der Waals surface area contributed by atoms with Gasteiger partial charge in [0, 0.05) is 5.56 Å². The van der Waals surface area contributed by atoms with Gasteiger partial charge in [0.05, 0.1) is 12.1 Å². The van der Waals surface area contributed by atoms with Gasteiger partial charge in [0.15, 0.2) is 0 Å². The molecule has 18 heavy (non-hydrogen) atoms. The van der Waals surface area contributed by atoms with E-state index in [9.17, 15) is 5.11 Å². The van der Waals surface area contributed by atoms with Gasteiger partial charge in [-0.25, -0.2) is 0 Å². The molecule has 0 aliphatic heterocycles. The van der Waals surface area contributed by atoms with Crippen molar-refractivity contribution in [3.05, 3.63) is 64.2 Å². The molecule has 0 aliphatic carbocycles. The molecule has 0 spiro atoms. The number of aryl methyl sites for hydroxylation is 1. The number of benzene rings is 2. The zero-order valence-corrected chi connectivity index (χ0v) is 11.1. The molecule has 0 heterocycles. The van der Waals surface area contributed by atoms with Crippen LogP contribution in [0.1, 0.15) is 22.8 Å². The first-order valence-corrected chi connectivity index (χ1v) is 6.08. The Kier molecular flexibility index (Phi) is 3.90. The minimum Gasteiger partial charge on any atom is -0.496 e. The highest BCUT2D eigenvalue weighted by atomic mass is 35.5. The summed E-state index contributed by atoms with van der Waals surface area (Å²) in [5.74, 6) is 0.594. The van der Waals surface area contributed by atoms with Crippen LogP contribution in [0, 0.1) is 6.92 Å². The van der Waals surface area contributed by atoms with E-state index in [1.165, 1.54) is 0 Å². The van der Waals surface area contributed by atoms with Crippen LogP contribution in [0.25, 0.3) is 0 Å². The van der Waals surface area contributed by atoms with Crippen LogP contribution in [-0.2, 0) is 0 Å². The average Bonchev–Trinajstić information content (AvgIpc) is 2.37. The Hall–Kier alpha value is -1.51. The smallest absolute Gasteiger partial charge is 0.126 e. The topological polar surface area (TPSA) is 29.5 Å². The Bertz CT molecular complexity index is 552. The van der Waals surface area contributed by atoms with Crippen molar-refractivity contribution in [3.8, 4) is 5.75 Å². The minimum atomic E-state index is -0.784. The van der Waals surface area contributed by atoms with Crippen molar-refractivity contribution >= 4 is 11.6 Å². The van der Waals surface area contributed by atoms with Gasteiger partial charge in [-0.2, -0.15) is 0 Å². The molecule has 0 radical (unpaired) electrons. The lowest BCUT2D eigenvalue weighted by Crippen LogP contribution is -2.03. The third-order valence-electron chi connectivity index (χ3n) is 2.86. The molecule has 2 nitrogen and oxygen atoms in total. The minimum absolute atomic E-state index is 0.503. The van der Waals surface area contributed by atoms with E-state index in [2.05, 4.69) is 0 Å². The van der Waals surface area contributed by atoms with Crippen LogP contribution in [-0.4, -0.2) is 12.2 Å². The number of hydrogen-bond donors (Lipinski definition) is 1. The molecular formula is C15H15ClO2. The Morgan fingerprint density at radius 2 is 1.89 bits per heavy atom. The van der Waals surface area contributed by atoms with Gasteiger partial charge < -0.3 is 9.84 Å². The van der Waals surface area contributed by atoms with Crippen molar-refractivity contribution in [1.82, 2.24) is 0 Å². The second kappa shape index (κ2) is 5.42. The van der Waals surface area contributed by atoms with Gasteiger partial charge in [0.1, 0.15) is 11.9 Å². The van der Waals surface area contributed by atoms with E-state index in [1.807, 2.05) is 31.2 Å². The van der Waals surface area contributed by atoms with Crippen LogP contribution in [0.15, 0.2) is 42.5 Å². The molecule has 0 bridgehead atoms. The van der Waals surface area contributed by atoms with Gasteiger partial charge in [-0.15, -0.1) is 0 Å². The first-order valence-electron chi connectivity index (χ1n) is 5.70. The fourth-order valence-electron chi connectivity index (χ4n) is 1.97. The molecule has 2 aromatic rings. The molecule has 0 saturated carbocycles. The fourth-order valence-corrected chi connectivity index (χ4v) is 2.24. The maximum Gasteiger partial charge on any atom is 0.126 e. The number of methoxy groups -OCH3 is 1. The van der Waals surface area contributed by atoms with Crippen LogP contribution in [0.3, 0.4) is 0 Å². The average molecular weight is 263 g/mol. The number of aliphatic hydroxyl groups excluding tert-OH is 1. The monoisotopic (exact) mass is 262 g/mol. The largest absolute Gasteiger partial charge is 0.496 e. The maximum atomic E-state index is 10.4. The summed E-state index contributed by atoms with van der Waals surface area (Å²) in [6.07, 6.45) is -0.784. The van der Waals surface area contributed by atoms with Crippen molar-refractivity contribution in [3.63, 3.8) is 0 Å². The molecule has 0 amide bonds. The summed E-state index contributed by atoms with van der Waals surface area (Å²) in [6, 6.07) is 13.1. The first-order chi connectivity index (χ1) is 8.63. The van der Waals surface area contributed by atoms with E-state index in [-0.39, 0.29) is 0 Å². The van der Waals surface area contributed by atoms with Crippen LogP contribution in [0.2, 0.25) is 5.02 Å². The maximum absolute atomic E-state index is 10.4. The van der Waals surface area contributed by atoms with Gasteiger partial charge >= 0.3 is 0 Å².